The molecule has 0 radical (unpaired) electrons. The number of carbonyl (C=O) groups excluding carboxylic acids is 1. The molecular weight excluding hydrogens is 529 g/mol. The fourth-order valence-electron chi connectivity index (χ4n) is 4.82. The van der Waals surface area contributed by atoms with Crippen molar-refractivity contribution in [1.29, 1.82) is 0 Å². The fraction of sp³-hybridized carbons (Fsp3) is 0.290. The number of allylic oxidation sites excluding steroid dienone is 3. The summed E-state index contributed by atoms with van der Waals surface area (Å²) in [6.45, 7) is 8.05. The first-order chi connectivity index (χ1) is 19.1. The summed E-state index contributed by atoms with van der Waals surface area (Å²) in [7, 11) is -3.92. The molecule has 1 amide bonds. The second-order valence-corrected chi connectivity index (χ2v) is 11.6. The summed E-state index contributed by atoms with van der Waals surface area (Å²) in [6, 6.07) is 14.7. The number of pyridine rings is 1. The van der Waals surface area contributed by atoms with Gasteiger partial charge in [0.1, 0.15) is 10.7 Å². The van der Waals surface area contributed by atoms with Crippen molar-refractivity contribution < 1.29 is 22.7 Å². The van der Waals surface area contributed by atoms with Gasteiger partial charge in [0.05, 0.1) is 11.1 Å². The van der Waals surface area contributed by atoms with Gasteiger partial charge in [0.25, 0.3) is 15.9 Å². The van der Waals surface area contributed by atoms with Gasteiger partial charge >= 0.3 is 0 Å². The topological polar surface area (TPSA) is 99.6 Å². The zero-order chi connectivity index (χ0) is 28.9. The number of fused-ring (bicyclic) bond motifs is 1. The molecule has 4 rings (SSSR count). The van der Waals surface area contributed by atoms with E-state index in [0.29, 0.717) is 28.6 Å². The van der Waals surface area contributed by atoms with Gasteiger partial charge in [-0.25, -0.2) is 12.8 Å². The average molecular weight is 564 g/mol. The second-order valence-electron chi connectivity index (χ2n) is 9.94. The smallest absolute Gasteiger partial charge is 0.264 e. The largest absolute Gasteiger partial charge is 0.385 e. The van der Waals surface area contributed by atoms with Crippen LogP contribution in [0.25, 0.3) is 10.9 Å². The van der Waals surface area contributed by atoms with Crippen LogP contribution in [0.4, 0.5) is 10.1 Å². The number of piperidine rings is 1. The highest BCUT2D eigenvalue weighted by molar-refractivity contribution is 7.93. The number of carbonyl (C=O) groups is 1. The summed E-state index contributed by atoms with van der Waals surface area (Å²) in [6.07, 6.45) is 5.96. The molecule has 2 heterocycles. The number of hydrogen-bond donors (Lipinski definition) is 2. The van der Waals surface area contributed by atoms with Crippen LogP contribution in [0.1, 0.15) is 49.9 Å². The predicted molar refractivity (Wildman–Crippen MR) is 156 cm³/mol. The lowest BCUT2D eigenvalue weighted by Crippen LogP contribution is -2.47. The summed E-state index contributed by atoms with van der Waals surface area (Å²) in [5, 5.41) is 12.0. The van der Waals surface area contributed by atoms with E-state index in [1.165, 1.54) is 18.2 Å². The van der Waals surface area contributed by atoms with Crippen LogP contribution in [-0.2, 0) is 10.0 Å². The fourth-order valence-corrected chi connectivity index (χ4v) is 6.06. The molecule has 1 saturated heterocycles. The first kappa shape index (κ1) is 29.2. The standard InChI is InChI=1S/C31H34FN3O4S/c1-4-8-26(27(32)21-22(3)5-2)31(37)16-19-35(20-17-31)30(36)24-12-14-25(15-13-24)34-40(38,39)28-11-6-9-23-10-7-18-33-29(23)28/h4,6-15,18,34,37H,3,5,16-17,19-21H2,1-2H3. The number of nitrogens with one attached hydrogen (secondary N) is 1. The minimum atomic E-state index is -3.92. The van der Waals surface area contributed by atoms with Gasteiger partial charge in [-0.3, -0.25) is 14.5 Å². The lowest BCUT2D eigenvalue weighted by atomic mass is 9.82. The maximum Gasteiger partial charge on any atom is 0.264 e. The monoisotopic (exact) mass is 563 g/mol. The molecule has 9 heteroatoms. The highest BCUT2D eigenvalue weighted by atomic mass is 32.2. The van der Waals surface area contributed by atoms with Gasteiger partial charge < -0.3 is 10.0 Å². The molecular formula is C31H34FN3O4S. The van der Waals surface area contributed by atoms with E-state index in [4.69, 9.17) is 0 Å². The van der Waals surface area contributed by atoms with Crippen LogP contribution in [0.5, 0.6) is 0 Å². The number of para-hydroxylation sites is 1. The summed E-state index contributed by atoms with van der Waals surface area (Å²) >= 11 is 0. The van der Waals surface area contributed by atoms with Crippen LogP contribution in [0.2, 0.25) is 0 Å². The highest BCUT2D eigenvalue weighted by Gasteiger charge is 2.38. The Hall–Kier alpha value is -3.82. The quantitative estimate of drug-likeness (QED) is 0.240. The van der Waals surface area contributed by atoms with Gasteiger partial charge in [-0.05, 0) is 62.6 Å². The lowest BCUT2D eigenvalue weighted by Gasteiger charge is -2.39. The molecule has 2 N–H and O–H groups in total. The molecule has 2 aromatic carbocycles. The summed E-state index contributed by atoms with van der Waals surface area (Å²) in [5.41, 5.74) is 0.680. The third kappa shape index (κ3) is 6.32. The molecule has 1 fully saturated rings. The Morgan fingerprint density at radius 2 is 1.82 bits per heavy atom. The Labute approximate surface area is 234 Å². The molecule has 0 aliphatic carbocycles. The molecule has 0 saturated carbocycles. The molecule has 7 nitrogen and oxygen atoms in total. The van der Waals surface area contributed by atoms with Crippen molar-refractivity contribution in [3.63, 3.8) is 0 Å². The first-order valence-electron chi connectivity index (χ1n) is 13.2. The molecule has 1 aliphatic heterocycles. The minimum Gasteiger partial charge on any atom is -0.385 e. The van der Waals surface area contributed by atoms with Crippen molar-refractivity contribution in [2.75, 3.05) is 17.8 Å². The Balaban J connectivity index is 1.44. The van der Waals surface area contributed by atoms with Crippen molar-refractivity contribution in [3.8, 4) is 0 Å². The molecule has 0 atom stereocenters. The Morgan fingerprint density at radius 1 is 1.15 bits per heavy atom. The number of nitrogens with zero attached hydrogens (tertiary/aromatic N) is 2. The molecule has 3 aromatic rings. The molecule has 0 spiro atoms. The number of amides is 1. The van der Waals surface area contributed by atoms with Crippen LogP contribution in [-0.4, -0.2) is 48.0 Å². The van der Waals surface area contributed by atoms with E-state index >= 15 is 4.39 Å². The number of rotatable bonds is 9. The molecule has 210 valence electrons. The van der Waals surface area contributed by atoms with Gasteiger partial charge in [-0.2, -0.15) is 0 Å². The molecule has 0 bridgehead atoms. The van der Waals surface area contributed by atoms with Gasteiger partial charge in [-0.1, -0.05) is 49.4 Å². The number of aliphatic hydroxyl groups is 1. The number of anilines is 1. The van der Waals surface area contributed by atoms with E-state index < -0.39 is 21.5 Å². The SMILES string of the molecule is C=C(CC)CC(F)=C(C=CC)C1(O)CCN(C(=O)c2ccc(NS(=O)(=O)c3cccc4cccnc34)cc2)CC1. The van der Waals surface area contributed by atoms with Crippen LogP contribution >= 0.6 is 0 Å². The summed E-state index contributed by atoms with van der Waals surface area (Å²) in [5.74, 6) is -0.643. The Kier molecular flexibility index (Phi) is 8.85. The van der Waals surface area contributed by atoms with Crippen molar-refractivity contribution >= 4 is 32.5 Å². The Morgan fingerprint density at radius 3 is 2.48 bits per heavy atom. The molecule has 40 heavy (non-hydrogen) atoms. The first-order valence-corrected chi connectivity index (χ1v) is 14.7. The van der Waals surface area contributed by atoms with Gasteiger partial charge in [0.2, 0.25) is 0 Å². The van der Waals surface area contributed by atoms with Crippen LogP contribution in [0.3, 0.4) is 0 Å². The molecule has 1 aromatic heterocycles. The van der Waals surface area contributed by atoms with E-state index in [2.05, 4.69) is 16.3 Å². The third-order valence-corrected chi connectivity index (χ3v) is 8.59. The predicted octanol–water partition coefficient (Wildman–Crippen LogP) is 6.16. The number of likely N-dealkylation sites (tertiary alicyclic amines) is 1. The second kappa shape index (κ2) is 12.1. The van der Waals surface area contributed by atoms with E-state index in [1.54, 1.807) is 66.6 Å². The lowest BCUT2D eigenvalue weighted by molar-refractivity contribution is 0.0114. The Bertz CT molecular complexity index is 1570. The number of aromatic nitrogens is 1. The van der Waals surface area contributed by atoms with E-state index in [-0.39, 0.29) is 48.7 Å². The van der Waals surface area contributed by atoms with Crippen LogP contribution in [0, 0.1) is 0 Å². The van der Waals surface area contributed by atoms with Crippen molar-refractivity contribution in [2.24, 2.45) is 0 Å². The maximum atomic E-state index is 15.1. The van der Waals surface area contributed by atoms with E-state index in [9.17, 15) is 18.3 Å². The van der Waals surface area contributed by atoms with Crippen molar-refractivity contribution in [3.05, 3.63) is 102 Å². The number of halogens is 1. The summed E-state index contributed by atoms with van der Waals surface area (Å²) in [4.78, 5) is 19.1. The molecule has 0 unspecified atom stereocenters. The zero-order valence-corrected chi connectivity index (χ0v) is 23.5. The molecule has 1 aliphatic rings. The number of benzene rings is 2. The zero-order valence-electron chi connectivity index (χ0n) is 22.7. The van der Waals surface area contributed by atoms with E-state index in [1.807, 2.05) is 6.92 Å². The normalized spacial score (nSPS) is 16.1. The highest BCUT2D eigenvalue weighted by Crippen LogP contribution is 2.35. The van der Waals surface area contributed by atoms with Crippen molar-refractivity contribution in [1.82, 2.24) is 9.88 Å². The maximum absolute atomic E-state index is 15.1. The average Bonchev–Trinajstić information content (AvgIpc) is 2.95. The summed E-state index contributed by atoms with van der Waals surface area (Å²) < 4.78 is 43.8. The van der Waals surface area contributed by atoms with Gasteiger partial charge in [0, 0.05) is 47.9 Å². The van der Waals surface area contributed by atoms with Gasteiger partial charge in [0.15, 0.2) is 0 Å². The number of hydrogen-bond acceptors (Lipinski definition) is 5. The minimum absolute atomic E-state index is 0.0633. The third-order valence-electron chi connectivity index (χ3n) is 7.18. The van der Waals surface area contributed by atoms with Crippen LogP contribution in [0.15, 0.2) is 101 Å². The van der Waals surface area contributed by atoms with Gasteiger partial charge in [-0.15, -0.1) is 0 Å². The van der Waals surface area contributed by atoms with Crippen LogP contribution < -0.4 is 4.72 Å². The van der Waals surface area contributed by atoms with Crippen molar-refractivity contribution in [2.45, 2.75) is 50.0 Å². The van der Waals surface area contributed by atoms with E-state index in [0.717, 1.165) is 5.57 Å². The number of sulfonamides is 1.